The summed E-state index contributed by atoms with van der Waals surface area (Å²) < 4.78 is 5.34. The summed E-state index contributed by atoms with van der Waals surface area (Å²) in [5.74, 6) is 2.28. The van der Waals surface area contributed by atoms with Crippen LogP contribution in [-0.4, -0.2) is 16.6 Å². The molecule has 0 unspecified atom stereocenters. The maximum atomic E-state index is 11.6. The average molecular weight is 226 g/mol. The molecule has 0 aromatic carbocycles. The van der Waals surface area contributed by atoms with E-state index in [0.29, 0.717) is 19.0 Å². The van der Waals surface area contributed by atoms with Gasteiger partial charge in [-0.25, -0.2) is 4.98 Å². The third-order valence-electron chi connectivity index (χ3n) is 2.22. The summed E-state index contributed by atoms with van der Waals surface area (Å²) in [7, 11) is 0. The molecule has 1 aliphatic heterocycles. The van der Waals surface area contributed by atoms with Crippen molar-refractivity contribution >= 4 is 11.8 Å². The minimum absolute atomic E-state index is 0.0000912. The highest BCUT2D eigenvalue weighted by molar-refractivity contribution is 7.98. The Hall–Kier alpha value is -0.810. The van der Waals surface area contributed by atoms with Crippen LogP contribution in [0.5, 0.6) is 0 Å². The predicted molar refractivity (Wildman–Crippen MR) is 59.8 cm³/mol. The number of nitrogens with zero attached hydrogens (tertiary/aromatic N) is 1. The molecule has 4 nitrogen and oxygen atoms in total. The first kappa shape index (κ1) is 10.7. The van der Waals surface area contributed by atoms with Crippen molar-refractivity contribution in [1.29, 1.82) is 0 Å². The Kier molecular flexibility index (Phi) is 3.43. The average Bonchev–Trinajstić information content (AvgIpc) is 2.66. The summed E-state index contributed by atoms with van der Waals surface area (Å²) in [5, 5.41) is 0. The molecule has 0 saturated heterocycles. The molecule has 0 fully saturated rings. The maximum absolute atomic E-state index is 11.6. The molecule has 0 bridgehead atoms. The monoisotopic (exact) mass is 226 g/mol. The van der Waals surface area contributed by atoms with Gasteiger partial charge in [0.1, 0.15) is 12.4 Å². The van der Waals surface area contributed by atoms with Crippen molar-refractivity contribution in [3.05, 3.63) is 27.4 Å². The highest BCUT2D eigenvalue weighted by Crippen LogP contribution is 2.25. The largest absolute Gasteiger partial charge is 0.374 e. The van der Waals surface area contributed by atoms with Crippen molar-refractivity contribution in [2.45, 2.75) is 31.5 Å². The predicted octanol–water partition coefficient (Wildman–Crippen LogP) is 1.44. The lowest BCUT2D eigenvalue weighted by Crippen LogP contribution is -2.17. The molecule has 1 aliphatic rings. The van der Waals surface area contributed by atoms with Gasteiger partial charge in [-0.1, -0.05) is 6.92 Å². The SMILES string of the molecule is CCCOCc1nc2c(c(=O)[nH]1)CSC2. The number of hydrogen-bond acceptors (Lipinski definition) is 4. The van der Waals surface area contributed by atoms with Crippen LogP contribution < -0.4 is 5.56 Å². The van der Waals surface area contributed by atoms with E-state index in [0.717, 1.165) is 29.2 Å². The number of aromatic nitrogens is 2. The Labute approximate surface area is 92.5 Å². The molecule has 0 amide bonds. The summed E-state index contributed by atoms with van der Waals surface area (Å²) in [6, 6.07) is 0. The standard InChI is InChI=1S/C10H14N2O2S/c1-2-3-14-4-9-11-8-6-15-5-7(8)10(13)12-9/h2-6H2,1H3,(H,11,12,13). The molecule has 2 rings (SSSR count). The number of H-pyrrole nitrogens is 1. The Bertz CT molecular complexity index is 403. The van der Waals surface area contributed by atoms with Gasteiger partial charge in [-0.3, -0.25) is 4.79 Å². The van der Waals surface area contributed by atoms with E-state index < -0.39 is 0 Å². The van der Waals surface area contributed by atoms with Gasteiger partial charge in [-0.15, -0.1) is 0 Å². The minimum atomic E-state index is 0.0000912. The molecule has 82 valence electrons. The normalized spacial score (nSPS) is 14.2. The van der Waals surface area contributed by atoms with Crippen molar-refractivity contribution in [3.8, 4) is 0 Å². The fourth-order valence-electron chi connectivity index (χ4n) is 1.50. The van der Waals surface area contributed by atoms with Crippen LogP contribution in [0.15, 0.2) is 4.79 Å². The summed E-state index contributed by atoms with van der Waals surface area (Å²) in [4.78, 5) is 18.7. The quantitative estimate of drug-likeness (QED) is 0.789. The molecule has 1 aromatic rings. The Morgan fingerprint density at radius 2 is 2.40 bits per heavy atom. The number of thioether (sulfide) groups is 1. The lowest BCUT2D eigenvalue weighted by molar-refractivity contribution is 0.115. The third kappa shape index (κ3) is 2.41. The van der Waals surface area contributed by atoms with E-state index in [1.54, 1.807) is 11.8 Å². The summed E-state index contributed by atoms with van der Waals surface area (Å²) in [6.07, 6.45) is 0.977. The Morgan fingerprint density at radius 3 is 3.20 bits per heavy atom. The van der Waals surface area contributed by atoms with Gasteiger partial charge in [0.2, 0.25) is 0 Å². The van der Waals surface area contributed by atoms with Crippen LogP contribution in [0.25, 0.3) is 0 Å². The van der Waals surface area contributed by atoms with E-state index in [2.05, 4.69) is 16.9 Å². The lowest BCUT2D eigenvalue weighted by atomic mass is 10.3. The molecule has 5 heteroatoms. The molecule has 15 heavy (non-hydrogen) atoms. The van der Waals surface area contributed by atoms with E-state index in [1.165, 1.54) is 0 Å². The molecule has 2 heterocycles. The van der Waals surface area contributed by atoms with Gasteiger partial charge in [0, 0.05) is 23.7 Å². The number of rotatable bonds is 4. The van der Waals surface area contributed by atoms with Gasteiger partial charge in [-0.05, 0) is 6.42 Å². The van der Waals surface area contributed by atoms with Crippen LogP contribution in [-0.2, 0) is 22.8 Å². The smallest absolute Gasteiger partial charge is 0.255 e. The fourth-order valence-corrected chi connectivity index (χ4v) is 2.53. The van der Waals surface area contributed by atoms with E-state index in [9.17, 15) is 4.79 Å². The van der Waals surface area contributed by atoms with E-state index >= 15 is 0 Å². The first-order chi connectivity index (χ1) is 7.31. The second kappa shape index (κ2) is 4.81. The molecule has 0 spiro atoms. The van der Waals surface area contributed by atoms with Crippen LogP contribution in [0.4, 0.5) is 0 Å². The molecule has 0 aliphatic carbocycles. The highest BCUT2D eigenvalue weighted by atomic mass is 32.2. The van der Waals surface area contributed by atoms with Crippen LogP contribution in [0, 0.1) is 0 Å². The first-order valence-electron chi connectivity index (χ1n) is 5.07. The van der Waals surface area contributed by atoms with Crippen molar-refractivity contribution < 1.29 is 4.74 Å². The molecule has 0 saturated carbocycles. The number of ether oxygens (including phenoxy) is 1. The van der Waals surface area contributed by atoms with E-state index in [4.69, 9.17) is 4.74 Å². The van der Waals surface area contributed by atoms with Crippen molar-refractivity contribution in [1.82, 2.24) is 9.97 Å². The summed E-state index contributed by atoms with van der Waals surface area (Å²) in [5.41, 5.74) is 1.76. The van der Waals surface area contributed by atoms with Crippen molar-refractivity contribution in [3.63, 3.8) is 0 Å². The molecular formula is C10H14N2O2S. The summed E-state index contributed by atoms with van der Waals surface area (Å²) in [6.45, 7) is 3.16. The zero-order valence-corrected chi connectivity index (χ0v) is 9.52. The zero-order valence-electron chi connectivity index (χ0n) is 8.71. The zero-order chi connectivity index (χ0) is 10.7. The highest BCUT2D eigenvalue weighted by Gasteiger charge is 2.17. The van der Waals surface area contributed by atoms with Gasteiger partial charge < -0.3 is 9.72 Å². The van der Waals surface area contributed by atoms with Crippen LogP contribution in [0.2, 0.25) is 0 Å². The van der Waals surface area contributed by atoms with Crippen molar-refractivity contribution in [2.24, 2.45) is 0 Å². The summed E-state index contributed by atoms with van der Waals surface area (Å²) >= 11 is 1.73. The van der Waals surface area contributed by atoms with Gasteiger partial charge in [0.25, 0.3) is 5.56 Å². The Balaban J connectivity index is 2.13. The number of aromatic amines is 1. The topological polar surface area (TPSA) is 55.0 Å². The molecule has 0 atom stereocenters. The Morgan fingerprint density at radius 1 is 1.53 bits per heavy atom. The van der Waals surface area contributed by atoms with Crippen LogP contribution in [0.1, 0.15) is 30.4 Å². The second-order valence-electron chi connectivity index (χ2n) is 3.48. The van der Waals surface area contributed by atoms with E-state index in [1.807, 2.05) is 0 Å². The van der Waals surface area contributed by atoms with Gasteiger partial charge >= 0.3 is 0 Å². The molecular weight excluding hydrogens is 212 g/mol. The second-order valence-corrected chi connectivity index (χ2v) is 4.47. The number of hydrogen-bond donors (Lipinski definition) is 1. The number of fused-ring (bicyclic) bond motifs is 1. The lowest BCUT2D eigenvalue weighted by Gasteiger charge is -2.03. The third-order valence-corrected chi connectivity index (χ3v) is 3.19. The number of nitrogens with one attached hydrogen (secondary N) is 1. The van der Waals surface area contributed by atoms with Gasteiger partial charge in [0.15, 0.2) is 0 Å². The van der Waals surface area contributed by atoms with E-state index in [-0.39, 0.29) is 5.56 Å². The van der Waals surface area contributed by atoms with Crippen molar-refractivity contribution in [2.75, 3.05) is 6.61 Å². The van der Waals surface area contributed by atoms with Crippen LogP contribution in [0.3, 0.4) is 0 Å². The molecule has 1 N–H and O–H groups in total. The maximum Gasteiger partial charge on any atom is 0.255 e. The fraction of sp³-hybridized carbons (Fsp3) is 0.600. The molecule has 0 radical (unpaired) electrons. The molecule has 1 aromatic heterocycles. The van der Waals surface area contributed by atoms with Gasteiger partial charge in [-0.2, -0.15) is 11.8 Å². The van der Waals surface area contributed by atoms with Crippen LogP contribution >= 0.6 is 11.8 Å². The first-order valence-corrected chi connectivity index (χ1v) is 6.23. The van der Waals surface area contributed by atoms with Gasteiger partial charge in [0.05, 0.1) is 5.69 Å². The minimum Gasteiger partial charge on any atom is -0.374 e.